The zero-order valence-corrected chi connectivity index (χ0v) is 13.9. The van der Waals surface area contributed by atoms with Crippen molar-refractivity contribution in [3.8, 4) is 11.5 Å². The molecular formula is C18H16F2N2O4. The van der Waals surface area contributed by atoms with Crippen LogP contribution >= 0.6 is 0 Å². The summed E-state index contributed by atoms with van der Waals surface area (Å²) in [6.07, 6.45) is 0. The minimum Gasteiger partial charge on any atom is -0.454 e. The first-order chi connectivity index (χ1) is 12.4. The number of carbonyl (C=O) groups excluding carboxylic acids is 2. The van der Waals surface area contributed by atoms with E-state index in [4.69, 9.17) is 9.47 Å². The number of nitrogens with zero attached hydrogens (tertiary/aromatic N) is 1. The lowest BCUT2D eigenvalue weighted by atomic mass is 10.2. The van der Waals surface area contributed by atoms with E-state index in [9.17, 15) is 18.4 Å². The van der Waals surface area contributed by atoms with Gasteiger partial charge in [0.1, 0.15) is 11.6 Å². The van der Waals surface area contributed by atoms with Crippen molar-refractivity contribution in [1.82, 2.24) is 10.2 Å². The summed E-state index contributed by atoms with van der Waals surface area (Å²) >= 11 is 0. The van der Waals surface area contributed by atoms with Gasteiger partial charge in [-0.1, -0.05) is 6.07 Å². The number of rotatable bonds is 5. The Hall–Kier alpha value is -3.16. The Morgan fingerprint density at radius 1 is 1.12 bits per heavy atom. The first kappa shape index (κ1) is 17.7. The zero-order valence-electron chi connectivity index (χ0n) is 13.9. The van der Waals surface area contributed by atoms with Crippen LogP contribution in [0.15, 0.2) is 36.4 Å². The SMILES string of the molecule is CN(Cc1ccc2c(c1)OCO2)C(=O)CNC(=O)c1ccc(F)cc1F. The number of hydrogen-bond acceptors (Lipinski definition) is 4. The van der Waals surface area contributed by atoms with E-state index in [1.54, 1.807) is 19.2 Å². The molecule has 1 aliphatic rings. The molecule has 8 heteroatoms. The van der Waals surface area contributed by atoms with Gasteiger partial charge in [0.25, 0.3) is 5.91 Å². The normalized spacial score (nSPS) is 12.0. The Morgan fingerprint density at radius 2 is 1.88 bits per heavy atom. The van der Waals surface area contributed by atoms with Gasteiger partial charge in [-0.3, -0.25) is 9.59 Å². The second-order valence-electron chi connectivity index (χ2n) is 5.74. The highest BCUT2D eigenvalue weighted by Crippen LogP contribution is 2.32. The third-order valence-corrected chi connectivity index (χ3v) is 3.86. The van der Waals surface area contributed by atoms with E-state index in [-0.39, 0.29) is 24.8 Å². The van der Waals surface area contributed by atoms with Gasteiger partial charge >= 0.3 is 0 Å². The molecule has 26 heavy (non-hydrogen) atoms. The number of benzene rings is 2. The van der Waals surface area contributed by atoms with Gasteiger partial charge < -0.3 is 19.7 Å². The molecule has 0 unspecified atom stereocenters. The fourth-order valence-corrected chi connectivity index (χ4v) is 2.46. The second kappa shape index (κ2) is 7.38. The Bertz CT molecular complexity index is 857. The summed E-state index contributed by atoms with van der Waals surface area (Å²) < 4.78 is 36.9. The van der Waals surface area contributed by atoms with E-state index >= 15 is 0 Å². The van der Waals surface area contributed by atoms with Crippen LogP contribution in [0.4, 0.5) is 8.78 Å². The zero-order chi connectivity index (χ0) is 18.7. The number of fused-ring (bicyclic) bond motifs is 1. The molecule has 136 valence electrons. The summed E-state index contributed by atoms with van der Waals surface area (Å²) in [6, 6.07) is 7.96. The van der Waals surface area contributed by atoms with Crippen molar-refractivity contribution in [3.05, 3.63) is 59.2 Å². The summed E-state index contributed by atoms with van der Waals surface area (Å²) in [5.74, 6) is -1.65. The summed E-state index contributed by atoms with van der Waals surface area (Å²) in [5, 5.41) is 2.33. The van der Waals surface area contributed by atoms with Gasteiger partial charge in [-0.05, 0) is 29.8 Å². The van der Waals surface area contributed by atoms with Crippen molar-refractivity contribution in [3.63, 3.8) is 0 Å². The standard InChI is InChI=1S/C18H16F2N2O4/c1-22(9-11-2-5-15-16(6-11)26-10-25-15)17(23)8-21-18(24)13-4-3-12(19)7-14(13)20/h2-7H,8-10H2,1H3,(H,21,24). The molecule has 1 heterocycles. The molecular weight excluding hydrogens is 346 g/mol. The first-order valence-corrected chi connectivity index (χ1v) is 7.80. The quantitative estimate of drug-likeness (QED) is 0.884. The van der Waals surface area contributed by atoms with Crippen molar-refractivity contribution < 1.29 is 27.8 Å². The lowest BCUT2D eigenvalue weighted by Gasteiger charge is -2.18. The topological polar surface area (TPSA) is 67.9 Å². The van der Waals surface area contributed by atoms with Crippen LogP contribution in [0.1, 0.15) is 15.9 Å². The van der Waals surface area contributed by atoms with E-state index in [0.29, 0.717) is 24.1 Å². The Labute approximate surface area is 148 Å². The van der Waals surface area contributed by atoms with Crippen LogP contribution in [-0.2, 0) is 11.3 Å². The molecule has 3 rings (SSSR count). The summed E-state index contributed by atoms with van der Waals surface area (Å²) in [4.78, 5) is 25.5. The fraction of sp³-hybridized carbons (Fsp3) is 0.222. The summed E-state index contributed by atoms with van der Waals surface area (Å²) in [5.41, 5.74) is 0.513. The molecule has 6 nitrogen and oxygen atoms in total. The van der Waals surface area contributed by atoms with Crippen molar-refractivity contribution in [2.45, 2.75) is 6.54 Å². The molecule has 1 N–H and O–H groups in total. The number of ether oxygens (including phenoxy) is 2. The average molecular weight is 362 g/mol. The van der Waals surface area contributed by atoms with Gasteiger partial charge in [-0.2, -0.15) is 0 Å². The van der Waals surface area contributed by atoms with Crippen LogP contribution < -0.4 is 14.8 Å². The Balaban J connectivity index is 1.55. The Kier molecular flexibility index (Phi) is 5.01. The maximum atomic E-state index is 13.6. The van der Waals surface area contributed by atoms with Gasteiger partial charge in [0.2, 0.25) is 12.7 Å². The van der Waals surface area contributed by atoms with Gasteiger partial charge in [0.05, 0.1) is 12.1 Å². The molecule has 0 saturated carbocycles. The highest BCUT2D eigenvalue weighted by Gasteiger charge is 2.17. The van der Waals surface area contributed by atoms with Crippen LogP contribution in [0, 0.1) is 11.6 Å². The van der Waals surface area contributed by atoms with Crippen molar-refractivity contribution in [1.29, 1.82) is 0 Å². The predicted molar refractivity (Wildman–Crippen MR) is 87.7 cm³/mol. The maximum Gasteiger partial charge on any atom is 0.254 e. The molecule has 0 aromatic heterocycles. The van der Waals surface area contributed by atoms with E-state index in [1.807, 2.05) is 6.07 Å². The average Bonchev–Trinajstić information content (AvgIpc) is 3.07. The fourth-order valence-electron chi connectivity index (χ4n) is 2.46. The van der Waals surface area contributed by atoms with E-state index in [1.165, 1.54) is 4.90 Å². The van der Waals surface area contributed by atoms with Crippen LogP contribution in [0.5, 0.6) is 11.5 Å². The molecule has 0 bridgehead atoms. The molecule has 2 aromatic carbocycles. The van der Waals surface area contributed by atoms with Crippen LogP contribution in [0.3, 0.4) is 0 Å². The van der Waals surface area contributed by atoms with Gasteiger partial charge in [-0.15, -0.1) is 0 Å². The number of likely N-dealkylation sites (N-methyl/N-ethyl adjacent to an activating group) is 1. The molecule has 0 fully saturated rings. The predicted octanol–water partition coefficient (Wildman–Crippen LogP) is 2.08. The number of hydrogen-bond donors (Lipinski definition) is 1. The van der Waals surface area contributed by atoms with Crippen molar-refractivity contribution in [2.24, 2.45) is 0 Å². The van der Waals surface area contributed by atoms with E-state index in [0.717, 1.165) is 17.7 Å². The second-order valence-corrected chi connectivity index (χ2v) is 5.74. The van der Waals surface area contributed by atoms with Crippen LogP contribution in [-0.4, -0.2) is 37.1 Å². The third kappa shape index (κ3) is 3.90. The largest absolute Gasteiger partial charge is 0.454 e. The lowest BCUT2D eigenvalue weighted by molar-refractivity contribution is -0.129. The summed E-state index contributed by atoms with van der Waals surface area (Å²) in [7, 11) is 1.58. The lowest BCUT2D eigenvalue weighted by Crippen LogP contribution is -2.38. The number of nitrogens with one attached hydrogen (secondary N) is 1. The van der Waals surface area contributed by atoms with Crippen molar-refractivity contribution >= 4 is 11.8 Å². The van der Waals surface area contributed by atoms with E-state index < -0.39 is 17.5 Å². The van der Waals surface area contributed by atoms with Crippen LogP contribution in [0.25, 0.3) is 0 Å². The third-order valence-electron chi connectivity index (χ3n) is 3.86. The van der Waals surface area contributed by atoms with Crippen molar-refractivity contribution in [2.75, 3.05) is 20.4 Å². The molecule has 1 aliphatic heterocycles. The molecule has 0 atom stereocenters. The smallest absolute Gasteiger partial charge is 0.254 e. The molecule has 2 amide bonds. The monoisotopic (exact) mass is 362 g/mol. The number of halogens is 2. The molecule has 0 radical (unpaired) electrons. The molecule has 2 aromatic rings. The Morgan fingerprint density at radius 3 is 2.65 bits per heavy atom. The summed E-state index contributed by atoms with van der Waals surface area (Å²) in [6.45, 7) is 0.159. The molecule has 0 saturated heterocycles. The van der Waals surface area contributed by atoms with Gasteiger partial charge in [0, 0.05) is 19.7 Å². The first-order valence-electron chi connectivity index (χ1n) is 7.80. The number of carbonyl (C=O) groups is 2. The molecule has 0 aliphatic carbocycles. The van der Waals surface area contributed by atoms with Gasteiger partial charge in [-0.25, -0.2) is 8.78 Å². The molecule has 0 spiro atoms. The highest BCUT2D eigenvalue weighted by molar-refractivity contribution is 5.96. The van der Waals surface area contributed by atoms with Gasteiger partial charge in [0.15, 0.2) is 11.5 Å². The minimum atomic E-state index is -0.983. The highest BCUT2D eigenvalue weighted by atomic mass is 19.1. The van der Waals surface area contributed by atoms with Crippen LogP contribution in [0.2, 0.25) is 0 Å². The number of amides is 2. The minimum absolute atomic E-state index is 0.166. The maximum absolute atomic E-state index is 13.6. The van der Waals surface area contributed by atoms with E-state index in [2.05, 4.69) is 5.32 Å².